The SMILES string of the molecule is CC[C@H](C)NC(=O)CCNC(=O)N[C@H](C)c1cccc(OCc2ccccn2)c1. The summed E-state index contributed by atoms with van der Waals surface area (Å²) in [4.78, 5) is 28.1. The fraction of sp³-hybridized carbons (Fsp3) is 0.409. The number of nitrogens with one attached hydrogen (secondary N) is 3. The van der Waals surface area contributed by atoms with Crippen LogP contribution >= 0.6 is 0 Å². The molecule has 7 heteroatoms. The first-order chi connectivity index (χ1) is 14.0. The Hall–Kier alpha value is -3.09. The van der Waals surface area contributed by atoms with E-state index >= 15 is 0 Å². The second-order valence-corrected chi connectivity index (χ2v) is 6.93. The summed E-state index contributed by atoms with van der Waals surface area (Å²) in [5.41, 5.74) is 1.77. The predicted octanol–water partition coefficient (Wildman–Crippen LogP) is 3.33. The molecular formula is C22H30N4O3. The molecule has 0 aliphatic rings. The molecule has 0 saturated carbocycles. The standard InChI is InChI=1S/C22H30N4O3/c1-4-16(2)25-21(27)11-13-24-22(28)26-17(3)18-8-7-10-20(14-18)29-15-19-9-5-6-12-23-19/h5-10,12,14,16-17H,4,11,13,15H2,1-3H3,(H,25,27)(H2,24,26,28)/t16-,17+/m0/s1. The Morgan fingerprint density at radius 2 is 1.93 bits per heavy atom. The number of hydrogen-bond acceptors (Lipinski definition) is 4. The fourth-order valence-corrected chi connectivity index (χ4v) is 2.58. The number of aromatic nitrogens is 1. The lowest BCUT2D eigenvalue weighted by Crippen LogP contribution is -2.40. The Kier molecular flexibility index (Phi) is 8.95. The molecular weight excluding hydrogens is 368 g/mol. The monoisotopic (exact) mass is 398 g/mol. The van der Waals surface area contributed by atoms with Crippen molar-refractivity contribution in [3.63, 3.8) is 0 Å². The largest absolute Gasteiger partial charge is 0.487 e. The lowest BCUT2D eigenvalue weighted by Gasteiger charge is -2.16. The summed E-state index contributed by atoms with van der Waals surface area (Å²) in [6, 6.07) is 12.9. The van der Waals surface area contributed by atoms with Gasteiger partial charge in [-0.05, 0) is 50.1 Å². The maximum atomic E-state index is 12.1. The average Bonchev–Trinajstić information content (AvgIpc) is 2.73. The first-order valence-corrected chi connectivity index (χ1v) is 9.94. The quantitative estimate of drug-likeness (QED) is 0.572. The van der Waals surface area contributed by atoms with E-state index in [0.29, 0.717) is 12.4 Å². The van der Waals surface area contributed by atoms with Crippen LogP contribution in [0.15, 0.2) is 48.7 Å². The third-order valence-electron chi connectivity index (χ3n) is 4.48. The number of benzene rings is 1. The second-order valence-electron chi connectivity index (χ2n) is 6.93. The summed E-state index contributed by atoms with van der Waals surface area (Å²) in [5.74, 6) is 0.648. The molecule has 1 heterocycles. The molecule has 1 aromatic carbocycles. The lowest BCUT2D eigenvalue weighted by atomic mass is 10.1. The number of pyridine rings is 1. The van der Waals surface area contributed by atoms with Crippen molar-refractivity contribution in [3.8, 4) is 5.75 Å². The minimum Gasteiger partial charge on any atom is -0.487 e. The van der Waals surface area contributed by atoms with Crippen LogP contribution in [-0.4, -0.2) is 29.5 Å². The molecule has 1 aromatic heterocycles. The number of amides is 3. The van der Waals surface area contributed by atoms with Gasteiger partial charge in [-0.15, -0.1) is 0 Å². The van der Waals surface area contributed by atoms with E-state index < -0.39 is 0 Å². The molecule has 156 valence electrons. The van der Waals surface area contributed by atoms with Crippen molar-refractivity contribution in [2.24, 2.45) is 0 Å². The second kappa shape index (κ2) is 11.7. The first-order valence-electron chi connectivity index (χ1n) is 9.94. The highest BCUT2D eigenvalue weighted by atomic mass is 16.5. The van der Waals surface area contributed by atoms with E-state index in [9.17, 15) is 9.59 Å². The number of ether oxygens (including phenoxy) is 1. The Bertz CT molecular complexity index is 783. The van der Waals surface area contributed by atoms with Gasteiger partial charge in [0.2, 0.25) is 5.91 Å². The van der Waals surface area contributed by atoms with Crippen LogP contribution in [0.25, 0.3) is 0 Å². The number of urea groups is 1. The number of carbonyl (C=O) groups is 2. The molecule has 2 aromatic rings. The van der Waals surface area contributed by atoms with Crippen molar-refractivity contribution in [1.29, 1.82) is 0 Å². The van der Waals surface area contributed by atoms with Crippen LogP contribution in [-0.2, 0) is 11.4 Å². The van der Waals surface area contributed by atoms with E-state index in [4.69, 9.17) is 4.74 Å². The van der Waals surface area contributed by atoms with Crippen molar-refractivity contribution in [3.05, 3.63) is 59.9 Å². The molecule has 0 aliphatic carbocycles. The number of rotatable bonds is 10. The Balaban J connectivity index is 1.77. The van der Waals surface area contributed by atoms with Crippen LogP contribution in [0.5, 0.6) is 5.75 Å². The van der Waals surface area contributed by atoms with Gasteiger partial charge in [0.15, 0.2) is 0 Å². The van der Waals surface area contributed by atoms with Crippen molar-refractivity contribution in [1.82, 2.24) is 20.9 Å². The van der Waals surface area contributed by atoms with E-state index in [1.54, 1.807) is 6.20 Å². The van der Waals surface area contributed by atoms with Crippen molar-refractivity contribution in [2.45, 2.75) is 52.3 Å². The van der Waals surface area contributed by atoms with E-state index in [0.717, 1.165) is 17.7 Å². The third kappa shape index (κ3) is 8.21. The van der Waals surface area contributed by atoms with Crippen molar-refractivity contribution < 1.29 is 14.3 Å². The van der Waals surface area contributed by atoms with Crippen LogP contribution in [0.3, 0.4) is 0 Å². The van der Waals surface area contributed by atoms with Gasteiger partial charge >= 0.3 is 6.03 Å². The van der Waals surface area contributed by atoms with Crippen molar-refractivity contribution in [2.75, 3.05) is 6.54 Å². The van der Waals surface area contributed by atoms with Gasteiger partial charge in [-0.2, -0.15) is 0 Å². The zero-order chi connectivity index (χ0) is 21.1. The number of hydrogen-bond donors (Lipinski definition) is 3. The molecule has 0 bridgehead atoms. The Morgan fingerprint density at radius 1 is 1.10 bits per heavy atom. The molecule has 0 aliphatic heterocycles. The predicted molar refractivity (Wildman–Crippen MR) is 112 cm³/mol. The number of nitrogens with zero attached hydrogens (tertiary/aromatic N) is 1. The third-order valence-corrected chi connectivity index (χ3v) is 4.48. The molecule has 0 radical (unpaired) electrons. The average molecular weight is 399 g/mol. The van der Waals surface area contributed by atoms with Gasteiger partial charge in [0.1, 0.15) is 12.4 Å². The topological polar surface area (TPSA) is 92.4 Å². The molecule has 7 nitrogen and oxygen atoms in total. The zero-order valence-electron chi connectivity index (χ0n) is 17.3. The molecule has 0 spiro atoms. The maximum absolute atomic E-state index is 12.1. The van der Waals surface area contributed by atoms with Gasteiger partial charge in [0.05, 0.1) is 11.7 Å². The zero-order valence-corrected chi connectivity index (χ0v) is 17.3. The molecule has 2 atom stereocenters. The van der Waals surface area contributed by atoms with Crippen LogP contribution in [0.2, 0.25) is 0 Å². The van der Waals surface area contributed by atoms with Gasteiger partial charge in [-0.25, -0.2) is 4.79 Å². The minimum absolute atomic E-state index is 0.0644. The van der Waals surface area contributed by atoms with Gasteiger partial charge in [-0.3, -0.25) is 9.78 Å². The highest BCUT2D eigenvalue weighted by Gasteiger charge is 2.11. The van der Waals surface area contributed by atoms with Crippen LogP contribution in [0.1, 0.15) is 50.9 Å². The highest BCUT2D eigenvalue weighted by Crippen LogP contribution is 2.19. The van der Waals surface area contributed by atoms with Gasteiger partial charge in [-0.1, -0.05) is 25.1 Å². The van der Waals surface area contributed by atoms with Crippen LogP contribution in [0.4, 0.5) is 4.79 Å². The smallest absolute Gasteiger partial charge is 0.315 e. The minimum atomic E-state index is -0.311. The van der Waals surface area contributed by atoms with E-state index in [1.807, 2.05) is 63.2 Å². The molecule has 2 rings (SSSR count). The highest BCUT2D eigenvalue weighted by molar-refractivity contribution is 5.78. The molecule has 0 fully saturated rings. The maximum Gasteiger partial charge on any atom is 0.315 e. The molecule has 0 unspecified atom stereocenters. The van der Waals surface area contributed by atoms with Crippen LogP contribution in [0, 0.1) is 0 Å². The van der Waals surface area contributed by atoms with Gasteiger partial charge < -0.3 is 20.7 Å². The molecule has 29 heavy (non-hydrogen) atoms. The Labute approximate surface area is 172 Å². The van der Waals surface area contributed by atoms with E-state index in [2.05, 4.69) is 20.9 Å². The summed E-state index contributed by atoms with van der Waals surface area (Å²) in [5, 5.41) is 8.46. The lowest BCUT2D eigenvalue weighted by molar-refractivity contribution is -0.121. The fourth-order valence-electron chi connectivity index (χ4n) is 2.58. The van der Waals surface area contributed by atoms with Gasteiger partial charge in [0.25, 0.3) is 0 Å². The van der Waals surface area contributed by atoms with E-state index in [-0.39, 0.29) is 37.0 Å². The first kappa shape index (κ1) is 22.2. The summed E-state index contributed by atoms with van der Waals surface area (Å²) >= 11 is 0. The summed E-state index contributed by atoms with van der Waals surface area (Å²) in [6.45, 7) is 6.52. The Morgan fingerprint density at radius 3 is 2.66 bits per heavy atom. The molecule has 3 amide bonds. The summed E-state index contributed by atoms with van der Waals surface area (Å²) < 4.78 is 5.78. The summed E-state index contributed by atoms with van der Waals surface area (Å²) in [6.07, 6.45) is 2.86. The number of carbonyl (C=O) groups excluding carboxylic acids is 2. The van der Waals surface area contributed by atoms with Crippen LogP contribution < -0.4 is 20.7 Å². The molecule has 0 saturated heterocycles. The summed E-state index contributed by atoms with van der Waals surface area (Å²) in [7, 11) is 0. The van der Waals surface area contributed by atoms with Crippen molar-refractivity contribution >= 4 is 11.9 Å². The van der Waals surface area contributed by atoms with Gasteiger partial charge in [0, 0.05) is 25.2 Å². The molecule has 3 N–H and O–H groups in total. The van der Waals surface area contributed by atoms with E-state index in [1.165, 1.54) is 0 Å². The normalized spacial score (nSPS) is 12.5.